The van der Waals surface area contributed by atoms with Gasteiger partial charge in [0.25, 0.3) is 0 Å². The lowest BCUT2D eigenvalue weighted by atomic mass is 9.82. The van der Waals surface area contributed by atoms with Crippen LogP contribution in [0.25, 0.3) is 0 Å². The standard InChI is InChI=1S/C13H18N4O3/c1-17-8-15-16-11(17)6-7-14-12(18)9-4-2-3-5-10(9)13(19)20/h2-3,8-10H,4-7H2,1H3,(H,14,18)(H,19,20). The van der Waals surface area contributed by atoms with Crippen LogP contribution in [0, 0.1) is 11.8 Å². The zero-order valence-corrected chi connectivity index (χ0v) is 11.3. The van der Waals surface area contributed by atoms with Crippen molar-refractivity contribution in [2.24, 2.45) is 18.9 Å². The fourth-order valence-corrected chi connectivity index (χ4v) is 2.34. The van der Waals surface area contributed by atoms with Crippen LogP contribution < -0.4 is 5.32 Å². The summed E-state index contributed by atoms with van der Waals surface area (Å²) in [5.41, 5.74) is 0. The Morgan fingerprint density at radius 2 is 2.10 bits per heavy atom. The average Bonchev–Trinajstić information content (AvgIpc) is 2.84. The molecule has 0 radical (unpaired) electrons. The molecule has 0 aromatic carbocycles. The van der Waals surface area contributed by atoms with Gasteiger partial charge in [0.05, 0.1) is 11.8 Å². The Hall–Kier alpha value is -2.18. The van der Waals surface area contributed by atoms with Crippen molar-refractivity contribution in [1.82, 2.24) is 20.1 Å². The number of aromatic nitrogens is 3. The highest BCUT2D eigenvalue weighted by molar-refractivity contribution is 5.85. The van der Waals surface area contributed by atoms with E-state index in [1.807, 2.05) is 19.2 Å². The molecule has 2 unspecified atom stereocenters. The number of hydrogen-bond acceptors (Lipinski definition) is 4. The van der Waals surface area contributed by atoms with Gasteiger partial charge in [0, 0.05) is 20.0 Å². The number of carboxylic acid groups (broad SMARTS) is 1. The molecule has 1 aliphatic carbocycles. The van der Waals surface area contributed by atoms with Crippen molar-refractivity contribution in [1.29, 1.82) is 0 Å². The molecule has 108 valence electrons. The molecule has 2 rings (SSSR count). The fraction of sp³-hybridized carbons (Fsp3) is 0.538. The lowest BCUT2D eigenvalue weighted by Crippen LogP contribution is -2.39. The normalized spacial score (nSPS) is 21.6. The van der Waals surface area contributed by atoms with Crippen LogP contribution in [-0.2, 0) is 23.1 Å². The molecule has 2 N–H and O–H groups in total. The first kappa shape index (κ1) is 14.2. The zero-order chi connectivity index (χ0) is 14.5. The Morgan fingerprint density at radius 3 is 2.70 bits per heavy atom. The van der Waals surface area contributed by atoms with Gasteiger partial charge in [0.1, 0.15) is 12.2 Å². The molecule has 0 saturated carbocycles. The highest BCUT2D eigenvalue weighted by Gasteiger charge is 2.33. The third kappa shape index (κ3) is 3.23. The second-order valence-electron chi connectivity index (χ2n) is 4.89. The quantitative estimate of drug-likeness (QED) is 0.747. The van der Waals surface area contributed by atoms with Gasteiger partial charge in [-0.3, -0.25) is 9.59 Å². The van der Waals surface area contributed by atoms with E-state index in [4.69, 9.17) is 5.11 Å². The minimum atomic E-state index is -0.914. The molecule has 0 aliphatic heterocycles. The van der Waals surface area contributed by atoms with E-state index in [1.165, 1.54) is 0 Å². The van der Waals surface area contributed by atoms with E-state index < -0.39 is 17.8 Å². The molecule has 2 atom stereocenters. The topological polar surface area (TPSA) is 97.1 Å². The van der Waals surface area contributed by atoms with Gasteiger partial charge in [-0.25, -0.2) is 0 Å². The summed E-state index contributed by atoms with van der Waals surface area (Å²) in [5, 5.41) is 19.6. The van der Waals surface area contributed by atoms with Gasteiger partial charge in [-0.15, -0.1) is 10.2 Å². The maximum atomic E-state index is 12.1. The summed E-state index contributed by atoms with van der Waals surface area (Å²) >= 11 is 0. The fourth-order valence-electron chi connectivity index (χ4n) is 2.34. The van der Waals surface area contributed by atoms with Crippen molar-refractivity contribution in [3.05, 3.63) is 24.3 Å². The lowest BCUT2D eigenvalue weighted by Gasteiger charge is -2.24. The first-order chi connectivity index (χ1) is 9.59. The van der Waals surface area contributed by atoms with Crippen molar-refractivity contribution in [3.63, 3.8) is 0 Å². The number of nitrogens with zero attached hydrogens (tertiary/aromatic N) is 3. The van der Waals surface area contributed by atoms with E-state index >= 15 is 0 Å². The summed E-state index contributed by atoms with van der Waals surface area (Å²) in [4.78, 5) is 23.2. The number of rotatable bonds is 5. The summed E-state index contributed by atoms with van der Waals surface area (Å²) in [6, 6.07) is 0. The summed E-state index contributed by atoms with van der Waals surface area (Å²) in [7, 11) is 1.84. The molecule has 0 fully saturated rings. The van der Waals surface area contributed by atoms with Crippen LogP contribution in [0.5, 0.6) is 0 Å². The number of hydrogen-bond donors (Lipinski definition) is 2. The number of carboxylic acids is 1. The third-order valence-corrected chi connectivity index (χ3v) is 3.54. The van der Waals surface area contributed by atoms with Gasteiger partial charge in [0.15, 0.2) is 0 Å². The number of nitrogens with one attached hydrogen (secondary N) is 1. The number of carbonyl (C=O) groups excluding carboxylic acids is 1. The van der Waals surface area contributed by atoms with Crippen LogP contribution in [0.1, 0.15) is 18.7 Å². The number of aliphatic carboxylic acids is 1. The van der Waals surface area contributed by atoms with Gasteiger partial charge < -0.3 is 15.0 Å². The Labute approximate surface area is 116 Å². The molecule has 0 bridgehead atoms. The highest BCUT2D eigenvalue weighted by Crippen LogP contribution is 2.25. The zero-order valence-electron chi connectivity index (χ0n) is 11.3. The van der Waals surface area contributed by atoms with Gasteiger partial charge in [-0.2, -0.15) is 0 Å². The van der Waals surface area contributed by atoms with Crippen LogP contribution in [0.2, 0.25) is 0 Å². The number of carbonyl (C=O) groups is 2. The summed E-state index contributed by atoms with van der Waals surface area (Å²) < 4.78 is 1.79. The Bertz CT molecular complexity index is 523. The molecule has 1 amide bonds. The molecule has 1 aromatic rings. The minimum absolute atomic E-state index is 0.205. The monoisotopic (exact) mass is 278 g/mol. The van der Waals surface area contributed by atoms with E-state index in [9.17, 15) is 9.59 Å². The maximum absolute atomic E-state index is 12.1. The predicted molar refractivity (Wildman–Crippen MR) is 70.7 cm³/mol. The molecule has 0 saturated heterocycles. The Balaban J connectivity index is 1.86. The SMILES string of the molecule is Cn1cnnc1CCNC(=O)C1CC=CCC1C(=O)O. The Morgan fingerprint density at radius 1 is 1.40 bits per heavy atom. The smallest absolute Gasteiger partial charge is 0.307 e. The van der Waals surface area contributed by atoms with E-state index in [1.54, 1.807) is 10.9 Å². The molecule has 1 aliphatic rings. The van der Waals surface area contributed by atoms with Crippen LogP contribution in [0.3, 0.4) is 0 Å². The van der Waals surface area contributed by atoms with E-state index in [0.717, 1.165) is 5.82 Å². The summed E-state index contributed by atoms with van der Waals surface area (Å²) in [5.74, 6) is -1.46. The first-order valence-corrected chi connectivity index (χ1v) is 6.58. The second-order valence-corrected chi connectivity index (χ2v) is 4.89. The number of allylic oxidation sites excluding steroid dienone is 2. The molecule has 20 heavy (non-hydrogen) atoms. The molecule has 1 heterocycles. The predicted octanol–water partition coefficient (Wildman–Crippen LogP) is 0.141. The van der Waals surface area contributed by atoms with Crippen molar-refractivity contribution >= 4 is 11.9 Å². The van der Waals surface area contributed by atoms with Crippen molar-refractivity contribution < 1.29 is 14.7 Å². The van der Waals surface area contributed by atoms with E-state index in [-0.39, 0.29) is 5.91 Å². The van der Waals surface area contributed by atoms with Gasteiger partial charge >= 0.3 is 5.97 Å². The third-order valence-electron chi connectivity index (χ3n) is 3.54. The highest BCUT2D eigenvalue weighted by atomic mass is 16.4. The van der Waals surface area contributed by atoms with Crippen LogP contribution in [0.15, 0.2) is 18.5 Å². The average molecular weight is 278 g/mol. The molecule has 7 heteroatoms. The van der Waals surface area contributed by atoms with E-state index in [2.05, 4.69) is 15.5 Å². The van der Waals surface area contributed by atoms with Gasteiger partial charge in [-0.1, -0.05) is 12.2 Å². The van der Waals surface area contributed by atoms with Crippen LogP contribution in [0.4, 0.5) is 0 Å². The summed E-state index contributed by atoms with van der Waals surface area (Å²) in [6.45, 7) is 0.428. The van der Waals surface area contributed by atoms with Gasteiger partial charge in [-0.05, 0) is 12.8 Å². The van der Waals surface area contributed by atoms with Gasteiger partial charge in [0.2, 0.25) is 5.91 Å². The minimum Gasteiger partial charge on any atom is -0.481 e. The largest absolute Gasteiger partial charge is 0.481 e. The lowest BCUT2D eigenvalue weighted by molar-refractivity contribution is -0.147. The van der Waals surface area contributed by atoms with Crippen LogP contribution in [-0.4, -0.2) is 38.3 Å². The maximum Gasteiger partial charge on any atom is 0.307 e. The van der Waals surface area contributed by atoms with Crippen LogP contribution >= 0.6 is 0 Å². The molecular weight excluding hydrogens is 260 g/mol. The molecular formula is C13H18N4O3. The van der Waals surface area contributed by atoms with E-state index in [0.29, 0.717) is 25.8 Å². The second kappa shape index (κ2) is 6.31. The number of amides is 1. The van der Waals surface area contributed by atoms with Crippen molar-refractivity contribution in [3.8, 4) is 0 Å². The molecule has 7 nitrogen and oxygen atoms in total. The Kier molecular flexibility index (Phi) is 4.49. The first-order valence-electron chi connectivity index (χ1n) is 6.58. The molecule has 1 aromatic heterocycles. The van der Waals surface area contributed by atoms with Crippen molar-refractivity contribution in [2.75, 3.05) is 6.54 Å². The van der Waals surface area contributed by atoms with Crippen molar-refractivity contribution in [2.45, 2.75) is 19.3 Å². The summed E-state index contributed by atoms with van der Waals surface area (Å²) in [6.07, 6.45) is 6.75. The molecule has 0 spiro atoms. The number of aryl methyl sites for hydroxylation is 1.